The highest BCUT2D eigenvalue weighted by atomic mass is 79.9. The van der Waals surface area contributed by atoms with E-state index in [4.69, 9.17) is 4.42 Å². The van der Waals surface area contributed by atoms with Crippen LogP contribution >= 0.6 is 15.9 Å². The number of hydrogen-bond acceptors (Lipinski definition) is 6. The van der Waals surface area contributed by atoms with Crippen molar-refractivity contribution in [2.24, 2.45) is 0 Å². The molecule has 1 N–H and O–H groups in total. The first-order valence-corrected chi connectivity index (χ1v) is 13.5. The molecule has 5 rings (SSSR count). The van der Waals surface area contributed by atoms with Crippen molar-refractivity contribution in [3.63, 3.8) is 0 Å². The summed E-state index contributed by atoms with van der Waals surface area (Å²) in [6.45, 7) is 4.89. The number of aromatic nitrogens is 4. The molecular formula is C28H28BrF2N5O3. The van der Waals surface area contributed by atoms with Gasteiger partial charge >= 0.3 is 0 Å². The molecule has 1 fully saturated rings. The fourth-order valence-electron chi connectivity index (χ4n) is 4.80. The van der Waals surface area contributed by atoms with Crippen LogP contribution < -0.4 is 0 Å². The van der Waals surface area contributed by atoms with E-state index >= 15 is 0 Å². The minimum atomic E-state index is -1.20. The topological polar surface area (TPSA) is 97.3 Å². The summed E-state index contributed by atoms with van der Waals surface area (Å²) in [6, 6.07) is 9.43. The van der Waals surface area contributed by atoms with Gasteiger partial charge in [0.2, 0.25) is 11.8 Å². The van der Waals surface area contributed by atoms with E-state index in [1.54, 1.807) is 15.8 Å². The third kappa shape index (κ3) is 5.79. The molecule has 0 radical (unpaired) electrons. The lowest BCUT2D eigenvalue weighted by Gasteiger charge is -2.24. The molecule has 0 aliphatic carbocycles. The molecule has 8 nitrogen and oxygen atoms in total. The molecule has 1 saturated heterocycles. The molecule has 204 valence electrons. The van der Waals surface area contributed by atoms with Gasteiger partial charge in [0.25, 0.3) is 0 Å². The van der Waals surface area contributed by atoms with Crippen molar-refractivity contribution >= 4 is 21.8 Å². The van der Waals surface area contributed by atoms with E-state index in [1.165, 1.54) is 12.3 Å². The highest BCUT2D eigenvalue weighted by Crippen LogP contribution is 2.33. The van der Waals surface area contributed by atoms with Gasteiger partial charge in [-0.2, -0.15) is 0 Å². The Morgan fingerprint density at radius 2 is 2.00 bits per heavy atom. The van der Waals surface area contributed by atoms with Crippen molar-refractivity contribution in [2.45, 2.75) is 51.2 Å². The largest absolute Gasteiger partial charge is 0.444 e. The molecule has 1 unspecified atom stereocenters. The summed E-state index contributed by atoms with van der Waals surface area (Å²) >= 11 is 3.53. The van der Waals surface area contributed by atoms with Crippen LogP contribution in [-0.2, 0) is 16.8 Å². The Kier molecular flexibility index (Phi) is 7.64. The molecule has 2 atom stereocenters. The van der Waals surface area contributed by atoms with Crippen LogP contribution in [0.4, 0.5) is 8.78 Å². The quantitative estimate of drug-likeness (QED) is 0.321. The highest BCUT2D eigenvalue weighted by Gasteiger charge is 2.36. The minimum Gasteiger partial charge on any atom is -0.444 e. The number of oxazole rings is 1. The van der Waals surface area contributed by atoms with Gasteiger partial charge in [-0.3, -0.25) is 4.79 Å². The molecule has 3 heterocycles. The zero-order valence-corrected chi connectivity index (χ0v) is 23.2. The molecule has 1 amide bonds. The number of carbonyl (C=O) groups is 1. The summed E-state index contributed by atoms with van der Waals surface area (Å²) in [7, 11) is 0. The molecule has 11 heteroatoms. The van der Waals surface area contributed by atoms with Gasteiger partial charge in [0.1, 0.15) is 17.6 Å². The van der Waals surface area contributed by atoms with Crippen LogP contribution in [0.15, 0.2) is 57.7 Å². The van der Waals surface area contributed by atoms with Gasteiger partial charge in [0.05, 0.1) is 24.4 Å². The normalized spacial score (nSPS) is 18.7. The standard InChI is InChI=1S/C28H28BrF2N5O3/c1-17-12-19(4-6-22(17)29)18(2)36-15-25(33-34-36)28(38)8-3-10-35(11-9-28)26(37)14-21-16-39-27(32-21)20-5-7-23(30)24(31)13-20/h4-7,12-13,15-16,18,38H,3,8-11,14H2,1-2H3/t18-,28?/m0/s1. The molecule has 1 aliphatic heterocycles. The number of rotatable bonds is 6. The molecule has 0 saturated carbocycles. The molecule has 2 aromatic heterocycles. The van der Waals surface area contributed by atoms with Gasteiger partial charge in [-0.15, -0.1) is 5.10 Å². The minimum absolute atomic E-state index is 0.00803. The van der Waals surface area contributed by atoms with Crippen LogP contribution in [0.5, 0.6) is 0 Å². The number of amides is 1. The van der Waals surface area contributed by atoms with E-state index in [-0.39, 0.29) is 29.8 Å². The van der Waals surface area contributed by atoms with Crippen molar-refractivity contribution in [1.82, 2.24) is 24.9 Å². The number of benzene rings is 2. The number of aliphatic hydroxyl groups is 1. The summed E-state index contributed by atoms with van der Waals surface area (Å²) in [5.41, 5.74) is 2.17. The van der Waals surface area contributed by atoms with E-state index in [2.05, 4.69) is 37.3 Å². The summed E-state index contributed by atoms with van der Waals surface area (Å²) in [6.07, 6.45) is 4.48. The third-order valence-corrected chi connectivity index (χ3v) is 8.16. The Balaban J connectivity index is 1.23. The van der Waals surface area contributed by atoms with Crippen LogP contribution in [0.25, 0.3) is 11.5 Å². The van der Waals surface area contributed by atoms with Crippen molar-refractivity contribution in [3.8, 4) is 11.5 Å². The third-order valence-electron chi connectivity index (χ3n) is 7.27. The number of hydrogen-bond donors (Lipinski definition) is 1. The van der Waals surface area contributed by atoms with Crippen molar-refractivity contribution in [2.75, 3.05) is 13.1 Å². The maximum Gasteiger partial charge on any atom is 0.228 e. The van der Waals surface area contributed by atoms with Crippen LogP contribution in [-0.4, -0.2) is 49.0 Å². The van der Waals surface area contributed by atoms with E-state index < -0.39 is 17.2 Å². The second-order valence-electron chi connectivity index (χ2n) is 9.98. The van der Waals surface area contributed by atoms with Gasteiger partial charge in [0, 0.05) is 23.1 Å². The smallest absolute Gasteiger partial charge is 0.228 e. The van der Waals surface area contributed by atoms with Gasteiger partial charge in [-0.1, -0.05) is 33.3 Å². The van der Waals surface area contributed by atoms with Crippen LogP contribution in [0, 0.1) is 18.6 Å². The van der Waals surface area contributed by atoms with Crippen LogP contribution in [0.2, 0.25) is 0 Å². The second kappa shape index (κ2) is 11.0. The average Bonchev–Trinajstić information content (AvgIpc) is 3.55. The van der Waals surface area contributed by atoms with E-state index in [1.807, 2.05) is 26.0 Å². The number of carbonyl (C=O) groups excluding carboxylic acids is 1. The molecule has 0 bridgehead atoms. The first kappa shape index (κ1) is 27.1. The number of likely N-dealkylation sites (tertiary alicyclic amines) is 1. The van der Waals surface area contributed by atoms with Crippen LogP contribution in [0.3, 0.4) is 0 Å². The summed E-state index contributed by atoms with van der Waals surface area (Å²) in [5, 5.41) is 20.1. The van der Waals surface area contributed by atoms with Crippen molar-refractivity contribution in [1.29, 1.82) is 0 Å². The lowest BCUT2D eigenvalue weighted by molar-refractivity contribution is -0.130. The fourth-order valence-corrected chi connectivity index (χ4v) is 5.05. The first-order chi connectivity index (χ1) is 18.6. The maximum absolute atomic E-state index is 13.6. The lowest BCUT2D eigenvalue weighted by atomic mass is 9.92. The molecule has 39 heavy (non-hydrogen) atoms. The predicted octanol–water partition coefficient (Wildman–Crippen LogP) is 5.33. The fraction of sp³-hybridized carbons (Fsp3) is 0.357. The Morgan fingerprint density at radius 1 is 1.18 bits per heavy atom. The van der Waals surface area contributed by atoms with Gasteiger partial charge in [-0.05, 0) is 68.5 Å². The first-order valence-electron chi connectivity index (χ1n) is 12.7. The Hall–Kier alpha value is -3.44. The lowest BCUT2D eigenvalue weighted by Crippen LogP contribution is -2.34. The van der Waals surface area contributed by atoms with Gasteiger partial charge < -0.3 is 14.4 Å². The van der Waals surface area contributed by atoms with E-state index in [0.717, 1.165) is 27.7 Å². The Labute approximate surface area is 232 Å². The Morgan fingerprint density at radius 3 is 2.77 bits per heavy atom. The summed E-state index contributed by atoms with van der Waals surface area (Å²) in [5.74, 6) is -2.01. The summed E-state index contributed by atoms with van der Waals surface area (Å²) < 4.78 is 35.0. The molecule has 2 aromatic carbocycles. The van der Waals surface area contributed by atoms with E-state index in [0.29, 0.717) is 43.7 Å². The number of halogens is 3. The molecular weight excluding hydrogens is 572 g/mol. The number of aryl methyl sites for hydroxylation is 1. The Bertz CT molecular complexity index is 1510. The average molecular weight is 600 g/mol. The maximum atomic E-state index is 13.6. The second-order valence-corrected chi connectivity index (χ2v) is 10.8. The SMILES string of the molecule is Cc1cc([C@H](C)n2cc(C3(O)CCCN(C(=O)Cc4coc(-c5ccc(F)c(F)c5)n4)CC3)nn2)ccc1Br. The van der Waals surface area contributed by atoms with Crippen LogP contribution in [0.1, 0.15) is 54.7 Å². The number of nitrogens with zero attached hydrogens (tertiary/aromatic N) is 5. The zero-order valence-electron chi connectivity index (χ0n) is 21.6. The highest BCUT2D eigenvalue weighted by molar-refractivity contribution is 9.10. The van der Waals surface area contributed by atoms with Gasteiger partial charge in [0.15, 0.2) is 11.6 Å². The zero-order chi connectivity index (χ0) is 27.7. The van der Waals surface area contributed by atoms with Crippen molar-refractivity contribution < 1.29 is 23.1 Å². The monoisotopic (exact) mass is 599 g/mol. The molecule has 0 spiro atoms. The molecule has 4 aromatic rings. The van der Waals surface area contributed by atoms with E-state index in [9.17, 15) is 18.7 Å². The van der Waals surface area contributed by atoms with Crippen molar-refractivity contribution in [3.05, 3.63) is 87.5 Å². The molecule has 1 aliphatic rings. The predicted molar refractivity (Wildman–Crippen MR) is 143 cm³/mol. The van der Waals surface area contributed by atoms with Gasteiger partial charge in [-0.25, -0.2) is 18.4 Å². The summed E-state index contributed by atoms with van der Waals surface area (Å²) in [4.78, 5) is 19.0.